The predicted octanol–water partition coefficient (Wildman–Crippen LogP) is 4.92. The molecule has 2 N–H and O–H groups in total. The van der Waals surface area contributed by atoms with Crippen molar-refractivity contribution in [3.63, 3.8) is 0 Å². The number of ether oxygens (including phenoxy) is 2. The molecule has 1 aliphatic heterocycles. The van der Waals surface area contributed by atoms with Crippen LogP contribution >= 0.6 is 47.8 Å². The average Bonchev–Trinajstić information content (AvgIpc) is 2.69. The first-order valence-electron chi connectivity index (χ1n) is 9.80. The number of aryl methyl sites for hydroxylation is 1. The van der Waals surface area contributed by atoms with E-state index < -0.39 is 0 Å². The number of methoxy groups -OCH3 is 1. The van der Waals surface area contributed by atoms with Crippen LogP contribution in [0.1, 0.15) is 17.5 Å². The third kappa shape index (κ3) is 7.21. The Balaban J connectivity index is 0.00000320. The molecule has 0 bridgehead atoms. The maximum atomic E-state index is 6.11. The molecule has 0 aliphatic carbocycles. The van der Waals surface area contributed by atoms with Gasteiger partial charge in [-0.05, 0) is 88.1 Å². The van der Waals surface area contributed by atoms with E-state index in [1.54, 1.807) is 7.11 Å². The number of halogens is 3. The molecule has 30 heavy (non-hydrogen) atoms. The van der Waals surface area contributed by atoms with E-state index in [0.29, 0.717) is 6.61 Å². The van der Waals surface area contributed by atoms with Crippen LogP contribution in [0.25, 0.3) is 0 Å². The lowest BCUT2D eigenvalue weighted by Gasteiger charge is -2.32. The minimum atomic E-state index is 0. The summed E-state index contributed by atoms with van der Waals surface area (Å²) in [6, 6.07) is 10.4. The first-order valence-corrected chi connectivity index (χ1v) is 12.2. The fourth-order valence-corrected chi connectivity index (χ4v) is 5.98. The van der Waals surface area contributed by atoms with Crippen LogP contribution in [-0.2, 0) is 13.0 Å². The highest BCUT2D eigenvalue weighted by molar-refractivity contribution is 9.11. The maximum absolute atomic E-state index is 6.11. The van der Waals surface area contributed by atoms with Crippen LogP contribution in [0.5, 0.6) is 11.5 Å². The molecule has 2 aromatic rings. The molecule has 1 aliphatic rings. The molecule has 2 aromatic carbocycles. The lowest BCUT2D eigenvalue weighted by Crippen LogP contribution is -2.44. The number of nitrogens with zero attached hydrogens (tertiary/aromatic N) is 2. The summed E-state index contributed by atoms with van der Waals surface area (Å²) in [7, 11) is 3.90. The summed E-state index contributed by atoms with van der Waals surface area (Å²) in [6.07, 6.45) is 2.23. The van der Waals surface area contributed by atoms with Crippen molar-refractivity contribution < 1.29 is 14.9 Å². The van der Waals surface area contributed by atoms with E-state index in [1.807, 2.05) is 12.1 Å². The lowest BCUT2D eigenvalue weighted by atomic mass is 10.1. The van der Waals surface area contributed by atoms with Crippen LogP contribution in [0.4, 0.5) is 0 Å². The molecule has 1 saturated heterocycles. The average molecular weight is 609 g/mol. The number of hydrogen-bond donors (Lipinski definition) is 0. The topological polar surface area (TPSA) is 56.4 Å². The highest BCUT2D eigenvalue weighted by Gasteiger charge is 2.14. The summed E-state index contributed by atoms with van der Waals surface area (Å²) < 4.78 is 14.5. The van der Waals surface area contributed by atoms with Crippen molar-refractivity contribution in [2.75, 3.05) is 46.9 Å². The fourth-order valence-electron chi connectivity index (χ4n) is 3.50. The Morgan fingerprint density at radius 1 is 0.967 bits per heavy atom. The Hall–Kier alpha value is -0.640. The molecule has 1 heterocycles. The molecule has 0 saturated carbocycles. The largest absolute Gasteiger partial charge is 0.496 e. The van der Waals surface area contributed by atoms with E-state index in [0.717, 1.165) is 43.4 Å². The molecule has 0 atom stereocenters. The monoisotopic (exact) mass is 606 g/mol. The predicted molar refractivity (Wildman–Crippen MR) is 133 cm³/mol. The van der Waals surface area contributed by atoms with Gasteiger partial charge in [-0.2, -0.15) is 0 Å². The zero-order chi connectivity index (χ0) is 20.8. The third-order valence-electron chi connectivity index (χ3n) is 5.22. The molecule has 3 rings (SSSR count). The molecule has 5 nitrogen and oxygen atoms in total. The fraction of sp³-hybridized carbons (Fsp3) is 0.455. The van der Waals surface area contributed by atoms with Crippen molar-refractivity contribution in [3.05, 3.63) is 54.9 Å². The van der Waals surface area contributed by atoms with Gasteiger partial charge >= 0.3 is 0 Å². The van der Waals surface area contributed by atoms with Crippen molar-refractivity contribution in [3.8, 4) is 11.5 Å². The number of likely N-dealkylation sites (N-methyl/N-ethyl adjacent to an activating group) is 1. The molecular weight excluding hydrogens is 580 g/mol. The lowest BCUT2D eigenvalue weighted by molar-refractivity contribution is 0.153. The molecule has 0 aromatic heterocycles. The van der Waals surface area contributed by atoms with Crippen molar-refractivity contribution in [1.29, 1.82) is 0 Å². The summed E-state index contributed by atoms with van der Waals surface area (Å²) in [4.78, 5) is 4.96. The van der Waals surface area contributed by atoms with Gasteiger partial charge in [-0.1, -0.05) is 22.0 Å². The smallest absolute Gasteiger partial charge is 0.148 e. The molecular formula is C22H29Br3N2O3. The molecule has 0 unspecified atom stereocenters. The highest BCUT2D eigenvalue weighted by atomic mass is 79.9. The van der Waals surface area contributed by atoms with Crippen LogP contribution in [0.2, 0.25) is 0 Å². The summed E-state index contributed by atoms with van der Waals surface area (Å²) in [5.41, 5.74) is 2.39. The number of hydrogen-bond acceptors (Lipinski definition) is 4. The normalized spacial score (nSPS) is 15.0. The van der Waals surface area contributed by atoms with E-state index in [2.05, 4.69) is 82.8 Å². The maximum Gasteiger partial charge on any atom is 0.148 e. The van der Waals surface area contributed by atoms with Crippen LogP contribution in [0.15, 0.2) is 43.7 Å². The van der Waals surface area contributed by atoms with E-state index in [4.69, 9.17) is 9.47 Å². The second-order valence-corrected chi connectivity index (χ2v) is 10.0. The summed E-state index contributed by atoms with van der Waals surface area (Å²) in [5.74, 6) is 1.65. The van der Waals surface area contributed by atoms with Gasteiger partial charge in [-0.25, -0.2) is 0 Å². The van der Waals surface area contributed by atoms with Crippen molar-refractivity contribution >= 4 is 47.8 Å². The van der Waals surface area contributed by atoms with Gasteiger partial charge in [0.05, 0.1) is 16.1 Å². The van der Waals surface area contributed by atoms with Crippen LogP contribution in [0, 0.1) is 0 Å². The van der Waals surface area contributed by atoms with Crippen molar-refractivity contribution in [2.45, 2.75) is 19.4 Å². The third-order valence-corrected chi connectivity index (χ3v) is 6.85. The van der Waals surface area contributed by atoms with Gasteiger partial charge in [-0.15, -0.1) is 0 Å². The highest BCUT2D eigenvalue weighted by Crippen LogP contribution is 2.37. The zero-order valence-electron chi connectivity index (χ0n) is 17.4. The SMILES string of the molecule is COc1ccc(CCCN2CCN(C)CC2)cc1COc1c(Br)cc(Br)cc1Br.O. The number of rotatable bonds is 8. The quantitative estimate of drug-likeness (QED) is 0.427. The second-order valence-electron chi connectivity index (χ2n) is 7.38. The van der Waals surface area contributed by atoms with Gasteiger partial charge in [0.15, 0.2) is 0 Å². The first kappa shape index (κ1) is 25.6. The first-order chi connectivity index (χ1) is 14.0. The van der Waals surface area contributed by atoms with E-state index in [-0.39, 0.29) is 5.48 Å². The van der Waals surface area contributed by atoms with Gasteiger partial charge in [0, 0.05) is 36.2 Å². The standard InChI is InChI=1S/C22H27Br3N2O2.H2O/c1-26-8-10-27(11-9-26)7-3-4-16-5-6-21(28-2)17(12-16)15-29-22-19(24)13-18(23)14-20(22)25;/h5-6,12-14H,3-4,7-11,15H2,1-2H3;1H2. The number of benzene rings is 2. The molecule has 0 amide bonds. The second kappa shape index (κ2) is 12.4. The summed E-state index contributed by atoms with van der Waals surface area (Å²) in [5, 5.41) is 0. The van der Waals surface area contributed by atoms with E-state index >= 15 is 0 Å². The Kier molecular flexibility index (Phi) is 10.6. The molecule has 8 heteroatoms. The van der Waals surface area contributed by atoms with E-state index in [1.165, 1.54) is 38.2 Å². The minimum Gasteiger partial charge on any atom is -0.496 e. The van der Waals surface area contributed by atoms with Gasteiger partial charge in [-0.3, -0.25) is 0 Å². The Morgan fingerprint density at radius 2 is 1.63 bits per heavy atom. The van der Waals surface area contributed by atoms with Gasteiger partial charge in [0.2, 0.25) is 0 Å². The van der Waals surface area contributed by atoms with Crippen molar-refractivity contribution in [1.82, 2.24) is 9.80 Å². The Bertz CT molecular complexity index is 804. The molecule has 0 spiro atoms. The van der Waals surface area contributed by atoms with Crippen molar-refractivity contribution in [2.24, 2.45) is 0 Å². The zero-order valence-corrected chi connectivity index (χ0v) is 22.1. The Morgan fingerprint density at radius 3 is 2.27 bits per heavy atom. The van der Waals surface area contributed by atoms with Gasteiger partial charge in [0.1, 0.15) is 18.1 Å². The van der Waals surface area contributed by atoms with E-state index in [9.17, 15) is 0 Å². The Labute approximate surface area is 204 Å². The summed E-state index contributed by atoms with van der Waals surface area (Å²) in [6.45, 7) is 6.31. The molecule has 166 valence electrons. The number of piperazine rings is 1. The van der Waals surface area contributed by atoms with Crippen LogP contribution < -0.4 is 9.47 Å². The molecule has 0 radical (unpaired) electrons. The van der Waals surface area contributed by atoms with Crippen LogP contribution in [0.3, 0.4) is 0 Å². The van der Waals surface area contributed by atoms with Gasteiger partial charge < -0.3 is 24.7 Å². The minimum absolute atomic E-state index is 0. The van der Waals surface area contributed by atoms with Gasteiger partial charge in [0.25, 0.3) is 0 Å². The van der Waals surface area contributed by atoms with Crippen LogP contribution in [-0.4, -0.2) is 62.2 Å². The summed E-state index contributed by atoms with van der Waals surface area (Å²) >= 11 is 10.6. The molecule has 1 fully saturated rings.